The summed E-state index contributed by atoms with van der Waals surface area (Å²) in [7, 11) is 0. The summed E-state index contributed by atoms with van der Waals surface area (Å²) < 4.78 is 0.379. The molecular weight excluding hydrogens is 378 g/mol. The van der Waals surface area contributed by atoms with Gasteiger partial charge in [-0.15, -0.1) is 0 Å². The van der Waals surface area contributed by atoms with E-state index >= 15 is 0 Å². The lowest BCUT2D eigenvalue weighted by molar-refractivity contribution is -0.113. The molecule has 0 aromatic heterocycles. The number of anilines is 1. The Balaban J connectivity index is 2.16. The van der Waals surface area contributed by atoms with Crippen LogP contribution < -0.4 is 5.32 Å². The molecule has 2 aromatic rings. The van der Waals surface area contributed by atoms with Gasteiger partial charge in [0.1, 0.15) is 4.48 Å². The number of aryl methyl sites for hydroxylation is 1. The van der Waals surface area contributed by atoms with Crippen molar-refractivity contribution in [1.29, 1.82) is 0 Å². The summed E-state index contributed by atoms with van der Waals surface area (Å²) in [6, 6.07) is 18.3. The molecule has 0 unspecified atom stereocenters. The van der Waals surface area contributed by atoms with Crippen LogP contribution in [0.2, 0.25) is 0 Å². The van der Waals surface area contributed by atoms with E-state index in [9.17, 15) is 4.79 Å². The zero-order chi connectivity index (χ0) is 18.1. The fraction of sp³-hybridized carbons (Fsp3) is 0.200. The quantitative estimate of drug-likeness (QED) is 0.401. The summed E-state index contributed by atoms with van der Waals surface area (Å²) in [5.41, 5.74) is 3.51. The molecule has 0 fully saturated rings. The third kappa shape index (κ3) is 5.87. The van der Waals surface area contributed by atoms with E-state index in [4.69, 9.17) is 0 Å². The van der Waals surface area contributed by atoms with Gasteiger partial charge >= 0.3 is 0 Å². The number of para-hydroxylation sites is 1. The fourth-order valence-electron chi connectivity index (χ4n) is 2.44. The number of carbonyl (C=O) groups is 1. The van der Waals surface area contributed by atoms with Gasteiger partial charge in [0.05, 0.1) is 6.67 Å². The minimum Gasteiger partial charge on any atom is -0.368 e. The molecule has 0 aliphatic carbocycles. The Morgan fingerprint density at radius 2 is 1.88 bits per heavy atom. The number of aliphatic imine (C=N–C) groups is 1. The van der Waals surface area contributed by atoms with Crippen molar-refractivity contribution in [3.05, 3.63) is 76.4 Å². The molecule has 1 amide bonds. The topological polar surface area (TPSA) is 44.7 Å². The first-order chi connectivity index (χ1) is 12.1. The summed E-state index contributed by atoms with van der Waals surface area (Å²) in [4.78, 5) is 17.1. The smallest absolute Gasteiger partial charge is 0.284 e. The second kappa shape index (κ2) is 9.79. The first-order valence-corrected chi connectivity index (χ1v) is 8.91. The van der Waals surface area contributed by atoms with Crippen LogP contribution in [0.3, 0.4) is 0 Å². The van der Waals surface area contributed by atoms with Gasteiger partial charge in [-0.25, -0.2) is 4.99 Å². The molecule has 0 spiro atoms. The van der Waals surface area contributed by atoms with Gasteiger partial charge in [0.25, 0.3) is 5.91 Å². The molecular formula is C20H22BrN3O. The summed E-state index contributed by atoms with van der Waals surface area (Å²) in [5, 5.41) is 3.45. The largest absolute Gasteiger partial charge is 0.368 e. The molecule has 2 rings (SSSR count). The highest BCUT2D eigenvalue weighted by atomic mass is 79.9. The maximum atomic E-state index is 11.7. The van der Waals surface area contributed by atoms with Crippen LogP contribution in [0.4, 0.5) is 5.69 Å². The maximum absolute atomic E-state index is 11.7. The summed E-state index contributed by atoms with van der Waals surface area (Å²) in [5.74, 6) is -0.382. The Bertz CT molecular complexity index is 744. The third-order valence-corrected chi connectivity index (χ3v) is 4.29. The number of hydrogen-bond acceptors (Lipinski definition) is 3. The number of nitrogens with zero attached hydrogens (tertiary/aromatic N) is 2. The Morgan fingerprint density at radius 1 is 1.20 bits per heavy atom. The number of halogens is 1. The number of hydrogen-bond donors (Lipinski definition) is 1. The molecule has 0 saturated carbocycles. The monoisotopic (exact) mass is 399 g/mol. The van der Waals surface area contributed by atoms with Gasteiger partial charge in [-0.05, 0) is 46.3 Å². The second-order valence-corrected chi connectivity index (χ2v) is 6.37. The minimum absolute atomic E-state index is 0.379. The van der Waals surface area contributed by atoms with E-state index in [-0.39, 0.29) is 5.91 Å². The first kappa shape index (κ1) is 18.9. The van der Waals surface area contributed by atoms with Gasteiger partial charge in [-0.2, -0.15) is 0 Å². The van der Waals surface area contributed by atoms with Crippen molar-refractivity contribution in [3.63, 3.8) is 0 Å². The van der Waals surface area contributed by atoms with E-state index in [0.717, 1.165) is 17.7 Å². The van der Waals surface area contributed by atoms with E-state index < -0.39 is 0 Å². The van der Waals surface area contributed by atoms with Crippen molar-refractivity contribution in [3.8, 4) is 0 Å². The molecule has 1 N–H and O–H groups in total. The van der Waals surface area contributed by atoms with Crippen molar-refractivity contribution in [1.82, 2.24) is 4.90 Å². The Labute approximate surface area is 157 Å². The molecule has 0 bridgehead atoms. The molecule has 0 radical (unpaired) electrons. The lowest BCUT2D eigenvalue weighted by Crippen LogP contribution is -2.25. The minimum atomic E-state index is -0.382. The standard InChI is InChI=1S/C20H22BrN3O/c1-3-17-11-7-8-12-19(17)23-15-24(14-18(21)20(25)22-2)13-16-9-5-4-6-10-16/h4-12,14,23H,2-3,13,15H2,1H3/b18-14+. The van der Waals surface area contributed by atoms with Crippen LogP contribution in [0.15, 0.2) is 70.3 Å². The summed E-state index contributed by atoms with van der Waals surface area (Å²) in [6.07, 6.45) is 2.71. The molecule has 5 heteroatoms. The van der Waals surface area contributed by atoms with E-state index in [1.807, 2.05) is 35.2 Å². The highest BCUT2D eigenvalue weighted by Crippen LogP contribution is 2.17. The van der Waals surface area contributed by atoms with Crippen molar-refractivity contribution < 1.29 is 4.79 Å². The van der Waals surface area contributed by atoms with Crippen LogP contribution in [0.1, 0.15) is 18.1 Å². The van der Waals surface area contributed by atoms with Crippen LogP contribution in [0.5, 0.6) is 0 Å². The highest BCUT2D eigenvalue weighted by molar-refractivity contribution is 9.12. The van der Waals surface area contributed by atoms with Crippen LogP contribution in [-0.4, -0.2) is 24.2 Å². The first-order valence-electron chi connectivity index (χ1n) is 8.12. The Morgan fingerprint density at radius 3 is 2.56 bits per heavy atom. The van der Waals surface area contributed by atoms with Gasteiger partial charge in [0.15, 0.2) is 0 Å². The average Bonchev–Trinajstić information content (AvgIpc) is 2.66. The molecule has 4 nitrogen and oxygen atoms in total. The van der Waals surface area contributed by atoms with Crippen molar-refractivity contribution in [2.75, 3.05) is 12.0 Å². The van der Waals surface area contributed by atoms with Crippen molar-refractivity contribution in [2.45, 2.75) is 19.9 Å². The normalized spacial score (nSPS) is 11.0. The number of rotatable bonds is 8. The SMILES string of the molecule is C=NC(=O)/C(Br)=C\N(CNc1ccccc1CC)Cc1ccccc1. The number of benzene rings is 2. The highest BCUT2D eigenvalue weighted by Gasteiger charge is 2.08. The molecule has 0 heterocycles. The molecule has 0 aliphatic heterocycles. The number of carbonyl (C=O) groups excluding carboxylic acids is 1. The van der Waals surface area contributed by atoms with Gasteiger partial charge in [0.2, 0.25) is 0 Å². The summed E-state index contributed by atoms with van der Waals surface area (Å²) >= 11 is 3.28. The fourth-order valence-corrected chi connectivity index (χ4v) is 2.86. The third-order valence-electron chi connectivity index (χ3n) is 3.74. The van der Waals surface area contributed by atoms with E-state index in [1.165, 1.54) is 5.56 Å². The Hall–Kier alpha value is -2.40. The van der Waals surface area contributed by atoms with E-state index in [0.29, 0.717) is 17.7 Å². The predicted molar refractivity (Wildman–Crippen MR) is 108 cm³/mol. The number of nitrogens with one attached hydrogen (secondary N) is 1. The average molecular weight is 400 g/mol. The molecule has 2 aromatic carbocycles. The zero-order valence-corrected chi connectivity index (χ0v) is 15.9. The summed E-state index contributed by atoms with van der Waals surface area (Å²) in [6.45, 7) is 6.65. The molecule has 130 valence electrons. The van der Waals surface area contributed by atoms with E-state index in [2.05, 4.69) is 64.1 Å². The Kier molecular flexibility index (Phi) is 7.41. The molecule has 0 atom stereocenters. The van der Waals surface area contributed by atoms with E-state index in [1.54, 1.807) is 6.20 Å². The van der Waals surface area contributed by atoms with Gasteiger partial charge in [-0.1, -0.05) is 55.5 Å². The van der Waals surface area contributed by atoms with Crippen LogP contribution in [0.25, 0.3) is 0 Å². The van der Waals surface area contributed by atoms with Crippen molar-refractivity contribution in [2.24, 2.45) is 4.99 Å². The van der Waals surface area contributed by atoms with Gasteiger partial charge < -0.3 is 10.2 Å². The van der Waals surface area contributed by atoms with Crippen molar-refractivity contribution >= 4 is 34.2 Å². The van der Waals surface area contributed by atoms with Gasteiger partial charge in [0, 0.05) is 18.4 Å². The zero-order valence-electron chi connectivity index (χ0n) is 14.3. The number of amides is 1. The van der Waals surface area contributed by atoms with Crippen LogP contribution >= 0.6 is 15.9 Å². The van der Waals surface area contributed by atoms with Crippen LogP contribution in [0, 0.1) is 0 Å². The lowest BCUT2D eigenvalue weighted by Gasteiger charge is -2.23. The predicted octanol–water partition coefficient (Wildman–Crippen LogP) is 4.58. The second-order valence-electron chi connectivity index (χ2n) is 5.52. The molecule has 0 saturated heterocycles. The molecule has 0 aliphatic rings. The lowest BCUT2D eigenvalue weighted by atomic mass is 10.1. The maximum Gasteiger partial charge on any atom is 0.284 e. The molecule has 25 heavy (non-hydrogen) atoms. The van der Waals surface area contributed by atoms with Crippen LogP contribution in [-0.2, 0) is 17.8 Å². The van der Waals surface area contributed by atoms with Gasteiger partial charge in [-0.3, -0.25) is 4.79 Å².